The minimum Gasteiger partial charge on any atom is -0.183 e. The van der Waals surface area contributed by atoms with E-state index in [2.05, 4.69) is 64.4 Å². The molecule has 0 saturated heterocycles. The first-order chi connectivity index (χ1) is 10.4. The molecule has 0 amide bonds. The minimum absolute atomic E-state index is 0.675. The van der Waals surface area contributed by atoms with Crippen molar-refractivity contribution < 1.29 is 0 Å². The van der Waals surface area contributed by atoms with Crippen LogP contribution in [0.4, 0.5) is 0 Å². The van der Waals surface area contributed by atoms with E-state index in [1.807, 2.05) is 23.9 Å². The molecule has 0 unspecified atom stereocenters. The fraction of sp³-hybridized carbons (Fsp3) is 0.333. The molecule has 2 aromatic rings. The molecular formula is C18H21NS2. The highest BCUT2D eigenvalue weighted by atomic mass is 32.2. The largest absolute Gasteiger partial charge is 0.183 e. The highest BCUT2D eigenvalue weighted by Crippen LogP contribution is 2.40. The van der Waals surface area contributed by atoms with Gasteiger partial charge in [0.2, 0.25) is 0 Å². The van der Waals surface area contributed by atoms with E-state index in [1.54, 1.807) is 0 Å². The number of benzene rings is 2. The van der Waals surface area contributed by atoms with Gasteiger partial charge in [0.15, 0.2) is 0 Å². The van der Waals surface area contributed by atoms with Gasteiger partial charge in [0.05, 0.1) is 0 Å². The van der Waals surface area contributed by atoms with E-state index in [0.717, 1.165) is 0 Å². The van der Waals surface area contributed by atoms with Gasteiger partial charge in [-0.2, -0.15) is 3.71 Å². The Morgan fingerprint density at radius 3 is 1.62 bits per heavy atom. The average Bonchev–Trinajstić information content (AvgIpc) is 2.57. The third-order valence-electron chi connectivity index (χ3n) is 3.75. The Kier molecular flexibility index (Phi) is 5.67. The molecule has 0 bridgehead atoms. The molecular weight excluding hydrogens is 294 g/mol. The van der Waals surface area contributed by atoms with E-state index in [9.17, 15) is 0 Å². The molecule has 110 valence electrons. The summed E-state index contributed by atoms with van der Waals surface area (Å²) in [6.45, 7) is 0. The summed E-state index contributed by atoms with van der Waals surface area (Å²) in [5, 5.41) is 0. The van der Waals surface area contributed by atoms with Crippen LogP contribution in [0.2, 0.25) is 0 Å². The lowest BCUT2D eigenvalue weighted by atomic mass is 9.96. The van der Waals surface area contributed by atoms with Gasteiger partial charge >= 0.3 is 0 Å². The summed E-state index contributed by atoms with van der Waals surface area (Å²) < 4.78 is 2.52. The normalized spacial score (nSPS) is 16.2. The number of hydrogen-bond acceptors (Lipinski definition) is 3. The van der Waals surface area contributed by atoms with Crippen LogP contribution in [-0.2, 0) is 0 Å². The van der Waals surface area contributed by atoms with Gasteiger partial charge in [-0.3, -0.25) is 0 Å². The summed E-state index contributed by atoms with van der Waals surface area (Å²) in [6.07, 6.45) is 6.77. The summed E-state index contributed by atoms with van der Waals surface area (Å²) in [5.74, 6) is 0. The van der Waals surface area contributed by atoms with Crippen molar-refractivity contribution in [3.63, 3.8) is 0 Å². The molecule has 0 N–H and O–H groups in total. The predicted octanol–water partition coefficient (Wildman–Crippen LogP) is 6.04. The second-order valence-corrected chi connectivity index (χ2v) is 7.71. The van der Waals surface area contributed by atoms with Gasteiger partial charge in [0.1, 0.15) is 0 Å². The van der Waals surface area contributed by atoms with Crippen molar-refractivity contribution in [2.75, 3.05) is 0 Å². The van der Waals surface area contributed by atoms with Crippen molar-refractivity contribution in [2.24, 2.45) is 0 Å². The fourth-order valence-electron chi connectivity index (χ4n) is 2.63. The van der Waals surface area contributed by atoms with E-state index in [-0.39, 0.29) is 0 Å². The van der Waals surface area contributed by atoms with Crippen molar-refractivity contribution >= 4 is 23.9 Å². The Morgan fingerprint density at radius 1 is 0.667 bits per heavy atom. The van der Waals surface area contributed by atoms with Gasteiger partial charge in [-0.1, -0.05) is 55.7 Å². The van der Waals surface area contributed by atoms with Crippen molar-refractivity contribution in [1.29, 1.82) is 0 Å². The van der Waals surface area contributed by atoms with Crippen LogP contribution in [0.25, 0.3) is 0 Å². The SMILES string of the molecule is c1ccc(SN(Sc2ccccc2)C2CCCCC2)cc1. The molecule has 0 radical (unpaired) electrons. The molecule has 1 fully saturated rings. The van der Waals surface area contributed by atoms with Crippen molar-refractivity contribution in [3.8, 4) is 0 Å². The first-order valence-electron chi connectivity index (χ1n) is 7.67. The van der Waals surface area contributed by atoms with E-state index in [4.69, 9.17) is 0 Å². The molecule has 1 nitrogen and oxygen atoms in total. The summed E-state index contributed by atoms with van der Waals surface area (Å²) >= 11 is 3.77. The van der Waals surface area contributed by atoms with Crippen LogP contribution in [0.3, 0.4) is 0 Å². The maximum Gasteiger partial charge on any atom is 0.0321 e. The lowest BCUT2D eigenvalue weighted by molar-refractivity contribution is 0.362. The van der Waals surface area contributed by atoms with Crippen LogP contribution in [0.1, 0.15) is 32.1 Å². The van der Waals surface area contributed by atoms with Gasteiger partial charge in [-0.15, -0.1) is 0 Å². The Balaban J connectivity index is 1.73. The van der Waals surface area contributed by atoms with E-state index in [0.29, 0.717) is 6.04 Å². The van der Waals surface area contributed by atoms with Crippen LogP contribution in [0, 0.1) is 0 Å². The van der Waals surface area contributed by atoms with Crippen molar-refractivity contribution in [1.82, 2.24) is 3.71 Å². The summed E-state index contributed by atoms with van der Waals surface area (Å²) in [4.78, 5) is 2.65. The third-order valence-corrected chi connectivity index (χ3v) is 6.12. The van der Waals surface area contributed by atoms with Crippen LogP contribution < -0.4 is 0 Å². The van der Waals surface area contributed by atoms with E-state index in [1.165, 1.54) is 41.9 Å². The topological polar surface area (TPSA) is 3.24 Å². The molecule has 0 spiro atoms. The molecule has 1 aliphatic carbocycles. The Labute approximate surface area is 136 Å². The smallest absolute Gasteiger partial charge is 0.0321 e. The predicted molar refractivity (Wildman–Crippen MR) is 93.3 cm³/mol. The van der Waals surface area contributed by atoms with Gasteiger partial charge in [0, 0.05) is 15.8 Å². The molecule has 3 heteroatoms. The molecule has 0 aliphatic heterocycles. The third kappa shape index (κ3) is 4.53. The zero-order valence-electron chi connectivity index (χ0n) is 12.2. The second-order valence-electron chi connectivity index (χ2n) is 5.39. The standard InChI is InChI=1S/C18H21NS2/c1-4-10-16(11-5-1)19(20-17-12-6-2-7-13-17)21-18-14-8-3-9-15-18/h2-3,6-9,12-16H,1,4-5,10-11H2. The summed E-state index contributed by atoms with van der Waals surface area (Å²) in [6, 6.07) is 22.1. The molecule has 21 heavy (non-hydrogen) atoms. The zero-order chi connectivity index (χ0) is 14.3. The second kappa shape index (κ2) is 7.92. The monoisotopic (exact) mass is 315 g/mol. The van der Waals surface area contributed by atoms with Gasteiger partial charge in [0.25, 0.3) is 0 Å². The maximum atomic E-state index is 2.52. The van der Waals surface area contributed by atoms with Gasteiger partial charge in [-0.05, 0) is 61.0 Å². The fourth-order valence-corrected chi connectivity index (χ4v) is 4.99. The lowest BCUT2D eigenvalue weighted by Crippen LogP contribution is -2.26. The van der Waals surface area contributed by atoms with Gasteiger partial charge < -0.3 is 0 Å². The van der Waals surface area contributed by atoms with E-state index < -0.39 is 0 Å². The van der Waals surface area contributed by atoms with Gasteiger partial charge in [-0.25, -0.2) is 0 Å². The molecule has 2 aromatic carbocycles. The molecule has 1 saturated carbocycles. The molecule has 0 atom stereocenters. The first-order valence-corrected chi connectivity index (χ1v) is 9.22. The summed E-state index contributed by atoms with van der Waals surface area (Å²) in [7, 11) is 0. The quantitative estimate of drug-likeness (QED) is 0.620. The Hall–Kier alpha value is -0.900. The molecule has 3 rings (SSSR count). The van der Waals surface area contributed by atoms with Crippen LogP contribution in [-0.4, -0.2) is 9.75 Å². The Bertz CT molecular complexity index is 482. The summed E-state index contributed by atoms with van der Waals surface area (Å²) in [5.41, 5.74) is 0. The molecule has 1 aliphatic rings. The Morgan fingerprint density at radius 2 is 1.14 bits per heavy atom. The minimum atomic E-state index is 0.675. The van der Waals surface area contributed by atoms with Crippen LogP contribution in [0.5, 0.6) is 0 Å². The van der Waals surface area contributed by atoms with Crippen LogP contribution in [0.15, 0.2) is 70.5 Å². The average molecular weight is 316 g/mol. The first kappa shape index (κ1) is 15.0. The zero-order valence-corrected chi connectivity index (χ0v) is 13.8. The number of rotatable bonds is 5. The highest BCUT2D eigenvalue weighted by molar-refractivity contribution is 8.12. The highest BCUT2D eigenvalue weighted by Gasteiger charge is 2.23. The molecule has 0 aromatic heterocycles. The maximum absolute atomic E-state index is 2.52. The van der Waals surface area contributed by atoms with Crippen molar-refractivity contribution in [2.45, 2.75) is 47.9 Å². The molecule has 0 heterocycles. The van der Waals surface area contributed by atoms with Crippen molar-refractivity contribution in [3.05, 3.63) is 60.7 Å². The van der Waals surface area contributed by atoms with Crippen LogP contribution >= 0.6 is 23.9 Å². The lowest BCUT2D eigenvalue weighted by Gasteiger charge is -2.32. The van der Waals surface area contributed by atoms with E-state index >= 15 is 0 Å². The number of nitrogens with zero attached hydrogens (tertiary/aromatic N) is 1. The number of hydrogen-bond donors (Lipinski definition) is 0.